The van der Waals surface area contributed by atoms with Gasteiger partial charge in [-0.3, -0.25) is 14.4 Å². The van der Waals surface area contributed by atoms with Gasteiger partial charge in [0.05, 0.1) is 6.42 Å². The largest absolute Gasteiger partial charge is 0.462 e. The summed E-state index contributed by atoms with van der Waals surface area (Å²) in [6.45, 7) is 6.07. The van der Waals surface area contributed by atoms with Gasteiger partial charge in [-0.05, 0) is 64.2 Å². The molecule has 0 rings (SSSR count). The van der Waals surface area contributed by atoms with Crippen LogP contribution in [0.15, 0.2) is 122 Å². The molecule has 0 aliphatic rings. The summed E-state index contributed by atoms with van der Waals surface area (Å²) in [5.41, 5.74) is 0. The van der Waals surface area contributed by atoms with Crippen LogP contribution in [0.25, 0.3) is 0 Å². The minimum absolute atomic E-state index is 0.111. The van der Waals surface area contributed by atoms with Crippen LogP contribution in [-0.4, -0.2) is 37.2 Å². The zero-order chi connectivity index (χ0) is 37.3. The van der Waals surface area contributed by atoms with E-state index in [1.54, 1.807) is 6.08 Å². The lowest BCUT2D eigenvalue weighted by atomic mass is 10.1. The van der Waals surface area contributed by atoms with Crippen LogP contribution in [0.3, 0.4) is 0 Å². The van der Waals surface area contributed by atoms with Gasteiger partial charge in [-0.2, -0.15) is 0 Å². The molecule has 0 fully saturated rings. The van der Waals surface area contributed by atoms with Crippen LogP contribution >= 0.6 is 0 Å². The molecule has 6 heteroatoms. The molecular weight excluding hydrogens is 636 g/mol. The van der Waals surface area contributed by atoms with E-state index in [4.69, 9.17) is 14.2 Å². The van der Waals surface area contributed by atoms with Gasteiger partial charge in [-0.15, -0.1) is 0 Å². The maximum Gasteiger partial charge on any atom is 0.309 e. The standard InChI is InChI=1S/C45H66O6/c1-4-7-10-13-16-19-21-22-24-26-29-32-35-38-44(47)50-41-42(40-49-43(46)37-34-31-28-25-18-15-12-9-6-3)51-45(48)39-36-33-30-27-23-20-17-14-11-8-5-2/h7,9-10,12-14,16-26,29,31,34,42H,4-6,8,11,15,27-28,30,32-33,35-41H2,1-3H3/b10-7-,12-9-,16-13-,17-14-,21-19-,23-20-,24-22-,25-18-,29-26-,34-31-. The molecular formula is C45H66O6. The quantitative estimate of drug-likeness (QED) is 0.0235. The highest BCUT2D eigenvalue weighted by atomic mass is 16.6. The second-order valence-electron chi connectivity index (χ2n) is 11.9. The molecule has 0 bridgehead atoms. The van der Waals surface area contributed by atoms with Crippen LogP contribution in [0, 0.1) is 0 Å². The average molecular weight is 703 g/mol. The summed E-state index contributed by atoms with van der Waals surface area (Å²) in [5, 5.41) is 0. The van der Waals surface area contributed by atoms with Gasteiger partial charge in [0.2, 0.25) is 0 Å². The van der Waals surface area contributed by atoms with Crippen molar-refractivity contribution in [2.75, 3.05) is 13.2 Å². The summed E-state index contributed by atoms with van der Waals surface area (Å²) in [7, 11) is 0. The van der Waals surface area contributed by atoms with Crippen LogP contribution in [0.4, 0.5) is 0 Å². The van der Waals surface area contributed by atoms with Gasteiger partial charge in [0.25, 0.3) is 0 Å². The van der Waals surface area contributed by atoms with Crippen molar-refractivity contribution in [1.82, 2.24) is 0 Å². The average Bonchev–Trinajstić information content (AvgIpc) is 3.12. The Labute approximate surface area is 310 Å². The van der Waals surface area contributed by atoms with Crippen molar-refractivity contribution in [3.05, 3.63) is 122 Å². The summed E-state index contributed by atoms with van der Waals surface area (Å²) in [6.07, 6.45) is 52.3. The normalized spacial score (nSPS) is 13.4. The molecule has 51 heavy (non-hydrogen) atoms. The zero-order valence-corrected chi connectivity index (χ0v) is 31.8. The third-order valence-corrected chi connectivity index (χ3v) is 7.12. The molecule has 0 N–H and O–H groups in total. The second-order valence-corrected chi connectivity index (χ2v) is 11.9. The molecule has 0 saturated carbocycles. The molecule has 0 aliphatic heterocycles. The first-order valence-corrected chi connectivity index (χ1v) is 19.1. The van der Waals surface area contributed by atoms with Crippen molar-refractivity contribution in [2.24, 2.45) is 0 Å². The highest BCUT2D eigenvalue weighted by molar-refractivity contribution is 5.72. The topological polar surface area (TPSA) is 78.9 Å². The monoisotopic (exact) mass is 702 g/mol. The number of ether oxygens (including phenoxy) is 3. The van der Waals surface area contributed by atoms with E-state index in [2.05, 4.69) is 75.5 Å². The summed E-state index contributed by atoms with van der Waals surface area (Å²) < 4.78 is 16.4. The number of esters is 3. The van der Waals surface area contributed by atoms with Crippen molar-refractivity contribution in [3.63, 3.8) is 0 Å². The maximum absolute atomic E-state index is 12.6. The Bertz CT molecular complexity index is 1170. The van der Waals surface area contributed by atoms with E-state index in [0.29, 0.717) is 12.8 Å². The number of allylic oxidation sites excluding steroid dienone is 19. The first-order valence-electron chi connectivity index (χ1n) is 19.1. The maximum atomic E-state index is 12.6. The second kappa shape index (κ2) is 38.6. The van der Waals surface area contributed by atoms with E-state index < -0.39 is 12.1 Å². The Kier molecular flexibility index (Phi) is 35.4. The van der Waals surface area contributed by atoms with E-state index in [1.165, 1.54) is 12.8 Å². The summed E-state index contributed by atoms with van der Waals surface area (Å²) in [5.74, 6) is -1.20. The molecule has 0 radical (unpaired) electrons. The lowest BCUT2D eigenvalue weighted by Crippen LogP contribution is -2.30. The molecule has 6 nitrogen and oxygen atoms in total. The van der Waals surface area contributed by atoms with E-state index in [1.807, 2.05) is 60.8 Å². The first kappa shape index (κ1) is 46.8. The van der Waals surface area contributed by atoms with Gasteiger partial charge in [0, 0.05) is 12.8 Å². The number of carbonyl (C=O) groups excluding carboxylic acids is 3. The smallest absolute Gasteiger partial charge is 0.309 e. The van der Waals surface area contributed by atoms with Crippen molar-refractivity contribution in [1.29, 1.82) is 0 Å². The van der Waals surface area contributed by atoms with Crippen molar-refractivity contribution in [3.8, 4) is 0 Å². The number of unbranched alkanes of at least 4 members (excludes halogenated alkanes) is 6. The van der Waals surface area contributed by atoms with E-state index in [0.717, 1.165) is 57.8 Å². The highest BCUT2D eigenvalue weighted by Crippen LogP contribution is 2.09. The minimum Gasteiger partial charge on any atom is -0.462 e. The van der Waals surface area contributed by atoms with E-state index in [-0.39, 0.29) is 44.4 Å². The van der Waals surface area contributed by atoms with Crippen LogP contribution in [-0.2, 0) is 28.6 Å². The zero-order valence-electron chi connectivity index (χ0n) is 31.8. The molecule has 0 aromatic heterocycles. The molecule has 1 unspecified atom stereocenters. The van der Waals surface area contributed by atoms with Gasteiger partial charge in [0.1, 0.15) is 13.2 Å². The Balaban J connectivity index is 4.68. The number of rotatable bonds is 31. The molecule has 0 spiro atoms. The van der Waals surface area contributed by atoms with Crippen LogP contribution in [0.5, 0.6) is 0 Å². The van der Waals surface area contributed by atoms with Crippen molar-refractivity contribution in [2.45, 2.75) is 130 Å². The van der Waals surface area contributed by atoms with Gasteiger partial charge < -0.3 is 14.2 Å². The van der Waals surface area contributed by atoms with Crippen molar-refractivity contribution < 1.29 is 28.6 Å². The number of hydrogen-bond donors (Lipinski definition) is 0. The predicted molar refractivity (Wildman–Crippen MR) is 214 cm³/mol. The molecule has 1 atom stereocenters. The molecule has 282 valence electrons. The molecule has 0 aromatic rings. The molecule has 0 aromatic carbocycles. The van der Waals surface area contributed by atoms with Gasteiger partial charge in [0.15, 0.2) is 6.10 Å². The Hall–Kier alpha value is -4.19. The van der Waals surface area contributed by atoms with Gasteiger partial charge in [-0.25, -0.2) is 0 Å². The number of hydrogen-bond acceptors (Lipinski definition) is 6. The van der Waals surface area contributed by atoms with Crippen LogP contribution < -0.4 is 0 Å². The third kappa shape index (κ3) is 36.9. The molecule has 0 saturated heterocycles. The summed E-state index contributed by atoms with van der Waals surface area (Å²) >= 11 is 0. The molecule has 0 amide bonds. The first-order chi connectivity index (χ1) is 25.0. The Morgan fingerprint density at radius 3 is 1.57 bits per heavy atom. The SMILES string of the molecule is CC\C=C/C=C\C=C/C=C\C=C/CCCC(=O)OCC(COC(=O)C/C=C\C/C=C\C/C=C\CC)OC(=O)CCCCC/C=C\C=C/CCCC. The summed E-state index contributed by atoms with van der Waals surface area (Å²) in [4.78, 5) is 37.3. The van der Waals surface area contributed by atoms with Crippen molar-refractivity contribution >= 4 is 17.9 Å². The number of carbonyl (C=O) groups is 3. The van der Waals surface area contributed by atoms with Gasteiger partial charge >= 0.3 is 17.9 Å². The van der Waals surface area contributed by atoms with Crippen LogP contribution in [0.2, 0.25) is 0 Å². The van der Waals surface area contributed by atoms with E-state index in [9.17, 15) is 14.4 Å². The molecule has 0 aliphatic carbocycles. The van der Waals surface area contributed by atoms with Gasteiger partial charge in [-0.1, -0.05) is 162 Å². The Morgan fingerprint density at radius 2 is 0.941 bits per heavy atom. The highest BCUT2D eigenvalue weighted by Gasteiger charge is 2.19. The minimum atomic E-state index is -0.855. The lowest BCUT2D eigenvalue weighted by molar-refractivity contribution is -0.166. The summed E-state index contributed by atoms with van der Waals surface area (Å²) in [6, 6.07) is 0. The fraction of sp³-hybridized carbons (Fsp3) is 0.489. The molecule has 0 heterocycles. The Morgan fingerprint density at radius 1 is 0.451 bits per heavy atom. The predicted octanol–water partition coefficient (Wildman–Crippen LogP) is 11.8. The fourth-order valence-electron chi connectivity index (χ4n) is 4.27. The lowest BCUT2D eigenvalue weighted by Gasteiger charge is -2.18. The fourth-order valence-corrected chi connectivity index (χ4v) is 4.27. The third-order valence-electron chi connectivity index (χ3n) is 7.12. The van der Waals surface area contributed by atoms with Crippen LogP contribution in [0.1, 0.15) is 124 Å². The van der Waals surface area contributed by atoms with E-state index >= 15 is 0 Å².